The fourth-order valence-electron chi connectivity index (χ4n) is 2.24. The molecule has 1 aromatic heterocycles. The third-order valence-corrected chi connectivity index (χ3v) is 3.22. The van der Waals surface area contributed by atoms with Crippen LogP contribution in [0.3, 0.4) is 0 Å². The minimum atomic E-state index is -0.0413. The molecule has 0 unspecified atom stereocenters. The predicted molar refractivity (Wildman–Crippen MR) is 65.8 cm³/mol. The Balaban J connectivity index is 1.60. The van der Waals surface area contributed by atoms with E-state index in [-0.39, 0.29) is 6.03 Å². The van der Waals surface area contributed by atoms with Crippen molar-refractivity contribution in [3.63, 3.8) is 0 Å². The molecule has 1 aliphatic rings. The Kier molecular flexibility index (Phi) is 4.47. The first-order chi connectivity index (χ1) is 8.34. The van der Waals surface area contributed by atoms with Crippen LogP contribution in [0.25, 0.3) is 0 Å². The molecule has 17 heavy (non-hydrogen) atoms. The van der Waals surface area contributed by atoms with Gasteiger partial charge in [-0.2, -0.15) is 0 Å². The van der Waals surface area contributed by atoms with Crippen LogP contribution in [0.15, 0.2) is 23.0 Å². The third-order valence-electron chi connectivity index (χ3n) is 3.22. The van der Waals surface area contributed by atoms with Crippen molar-refractivity contribution in [2.24, 2.45) is 0 Å². The summed E-state index contributed by atoms with van der Waals surface area (Å²) in [5.74, 6) is 0. The summed E-state index contributed by atoms with van der Waals surface area (Å²) in [6.45, 7) is 0.651. The molecule has 1 aliphatic carbocycles. The highest BCUT2D eigenvalue weighted by Gasteiger charge is 2.14. The van der Waals surface area contributed by atoms with Gasteiger partial charge in [0.2, 0.25) is 0 Å². The van der Waals surface area contributed by atoms with Gasteiger partial charge in [0.05, 0.1) is 12.5 Å². The third kappa shape index (κ3) is 4.13. The number of rotatable bonds is 4. The van der Waals surface area contributed by atoms with Gasteiger partial charge in [0.25, 0.3) is 0 Å². The first-order valence-corrected chi connectivity index (χ1v) is 6.40. The normalized spacial score (nSPS) is 16.7. The van der Waals surface area contributed by atoms with Crippen LogP contribution in [0.4, 0.5) is 4.79 Å². The molecule has 0 aliphatic heterocycles. The van der Waals surface area contributed by atoms with E-state index in [1.54, 1.807) is 12.5 Å². The van der Waals surface area contributed by atoms with Crippen molar-refractivity contribution in [1.82, 2.24) is 10.6 Å². The van der Waals surface area contributed by atoms with Crippen molar-refractivity contribution < 1.29 is 9.21 Å². The summed E-state index contributed by atoms with van der Waals surface area (Å²) in [5.41, 5.74) is 1.11. The van der Waals surface area contributed by atoms with Crippen LogP contribution < -0.4 is 10.6 Å². The zero-order valence-electron chi connectivity index (χ0n) is 10.1. The lowest BCUT2D eigenvalue weighted by Gasteiger charge is -2.22. The van der Waals surface area contributed by atoms with Gasteiger partial charge in [-0.25, -0.2) is 4.79 Å². The standard InChI is InChI=1S/C13H20N2O2/c16-13(15-12-4-2-1-3-5-12)14-8-6-11-7-9-17-10-11/h7,9-10,12H,1-6,8H2,(H2,14,15,16). The molecule has 0 radical (unpaired) electrons. The minimum Gasteiger partial charge on any atom is -0.472 e. The Morgan fingerprint density at radius 3 is 2.88 bits per heavy atom. The summed E-state index contributed by atoms with van der Waals surface area (Å²) < 4.78 is 4.97. The van der Waals surface area contributed by atoms with E-state index in [9.17, 15) is 4.79 Å². The quantitative estimate of drug-likeness (QED) is 0.843. The van der Waals surface area contributed by atoms with E-state index in [4.69, 9.17) is 4.42 Å². The van der Waals surface area contributed by atoms with E-state index in [0.29, 0.717) is 12.6 Å². The fourth-order valence-corrected chi connectivity index (χ4v) is 2.24. The molecule has 4 heteroatoms. The largest absolute Gasteiger partial charge is 0.472 e. The average molecular weight is 236 g/mol. The highest BCUT2D eigenvalue weighted by atomic mass is 16.3. The van der Waals surface area contributed by atoms with E-state index in [2.05, 4.69) is 10.6 Å². The number of carbonyl (C=O) groups excluding carboxylic acids is 1. The van der Waals surface area contributed by atoms with Gasteiger partial charge in [-0.15, -0.1) is 0 Å². The summed E-state index contributed by atoms with van der Waals surface area (Å²) in [4.78, 5) is 11.6. The van der Waals surface area contributed by atoms with E-state index in [1.807, 2.05) is 6.07 Å². The topological polar surface area (TPSA) is 54.3 Å². The molecule has 0 saturated heterocycles. The second-order valence-corrected chi connectivity index (χ2v) is 4.62. The first kappa shape index (κ1) is 12.0. The Morgan fingerprint density at radius 1 is 1.35 bits per heavy atom. The van der Waals surface area contributed by atoms with Crippen molar-refractivity contribution in [3.8, 4) is 0 Å². The molecular formula is C13H20N2O2. The maximum absolute atomic E-state index is 11.6. The predicted octanol–water partition coefficient (Wildman–Crippen LogP) is 2.45. The number of amides is 2. The van der Waals surface area contributed by atoms with Crippen molar-refractivity contribution >= 4 is 6.03 Å². The zero-order chi connectivity index (χ0) is 11.9. The van der Waals surface area contributed by atoms with E-state index < -0.39 is 0 Å². The molecule has 0 spiro atoms. The number of nitrogens with one attached hydrogen (secondary N) is 2. The molecule has 4 nitrogen and oxygen atoms in total. The number of hydrogen-bond donors (Lipinski definition) is 2. The monoisotopic (exact) mass is 236 g/mol. The Labute approximate surface area is 102 Å². The summed E-state index contributed by atoms with van der Waals surface area (Å²) >= 11 is 0. The van der Waals surface area contributed by atoms with Crippen molar-refractivity contribution in [3.05, 3.63) is 24.2 Å². The Bertz CT molecular complexity index is 329. The molecule has 0 aromatic carbocycles. The van der Waals surface area contributed by atoms with E-state index in [1.165, 1.54) is 19.3 Å². The molecule has 2 amide bonds. The van der Waals surface area contributed by atoms with Crippen molar-refractivity contribution in [2.45, 2.75) is 44.6 Å². The van der Waals surface area contributed by atoms with Crippen LogP contribution in [-0.4, -0.2) is 18.6 Å². The second-order valence-electron chi connectivity index (χ2n) is 4.62. The molecule has 1 heterocycles. The lowest BCUT2D eigenvalue weighted by molar-refractivity contribution is 0.233. The van der Waals surface area contributed by atoms with Crippen molar-refractivity contribution in [1.29, 1.82) is 0 Å². The highest BCUT2D eigenvalue weighted by molar-refractivity contribution is 5.74. The summed E-state index contributed by atoms with van der Waals surface area (Å²) in [6.07, 6.45) is 10.2. The molecule has 2 N–H and O–H groups in total. The maximum Gasteiger partial charge on any atom is 0.315 e. The summed E-state index contributed by atoms with van der Waals surface area (Å²) in [5, 5.41) is 5.90. The average Bonchev–Trinajstić information content (AvgIpc) is 2.83. The number of furan rings is 1. The SMILES string of the molecule is O=C(NCCc1ccoc1)NC1CCCCC1. The first-order valence-electron chi connectivity index (χ1n) is 6.40. The van der Waals surface area contributed by atoms with Crippen molar-refractivity contribution in [2.75, 3.05) is 6.54 Å². The Hall–Kier alpha value is -1.45. The van der Waals surface area contributed by atoms with Gasteiger partial charge in [-0.1, -0.05) is 19.3 Å². The van der Waals surface area contributed by atoms with Crippen LogP contribution in [-0.2, 0) is 6.42 Å². The molecule has 2 rings (SSSR count). The molecule has 1 saturated carbocycles. The smallest absolute Gasteiger partial charge is 0.315 e. The van der Waals surface area contributed by atoms with Gasteiger partial charge in [0.15, 0.2) is 0 Å². The van der Waals surface area contributed by atoms with Gasteiger partial charge >= 0.3 is 6.03 Å². The van der Waals surface area contributed by atoms with Gasteiger partial charge in [-0.3, -0.25) is 0 Å². The number of urea groups is 1. The van der Waals surface area contributed by atoms with E-state index in [0.717, 1.165) is 24.8 Å². The van der Waals surface area contributed by atoms with Crippen LogP contribution in [0.2, 0.25) is 0 Å². The second kappa shape index (κ2) is 6.33. The van der Waals surface area contributed by atoms with Crippen LogP contribution >= 0.6 is 0 Å². The van der Waals surface area contributed by atoms with E-state index >= 15 is 0 Å². The van der Waals surface area contributed by atoms with Crippen LogP contribution in [0, 0.1) is 0 Å². The molecule has 0 bridgehead atoms. The van der Waals surface area contributed by atoms with Gasteiger partial charge in [0.1, 0.15) is 0 Å². The molecule has 1 fully saturated rings. The highest BCUT2D eigenvalue weighted by Crippen LogP contribution is 2.17. The van der Waals surface area contributed by atoms with Crippen LogP contribution in [0.1, 0.15) is 37.7 Å². The number of carbonyl (C=O) groups is 1. The molecule has 1 aromatic rings. The van der Waals surface area contributed by atoms with Gasteiger partial charge in [-0.05, 0) is 30.9 Å². The van der Waals surface area contributed by atoms with Gasteiger partial charge in [0, 0.05) is 12.6 Å². The number of hydrogen-bond acceptors (Lipinski definition) is 2. The van der Waals surface area contributed by atoms with Gasteiger partial charge < -0.3 is 15.1 Å². The summed E-state index contributed by atoms with van der Waals surface area (Å²) in [7, 11) is 0. The maximum atomic E-state index is 11.6. The molecule has 94 valence electrons. The molecular weight excluding hydrogens is 216 g/mol. The Morgan fingerprint density at radius 2 is 2.18 bits per heavy atom. The fraction of sp³-hybridized carbons (Fsp3) is 0.615. The minimum absolute atomic E-state index is 0.0413. The lowest BCUT2D eigenvalue weighted by atomic mass is 9.96. The zero-order valence-corrected chi connectivity index (χ0v) is 10.1. The van der Waals surface area contributed by atoms with Crippen LogP contribution in [0.5, 0.6) is 0 Å². The lowest BCUT2D eigenvalue weighted by Crippen LogP contribution is -2.43. The summed E-state index contributed by atoms with van der Waals surface area (Å²) in [6, 6.07) is 2.25. The molecule has 0 atom stereocenters.